The van der Waals surface area contributed by atoms with E-state index < -0.39 is 0 Å². The Bertz CT molecular complexity index is 323. The third-order valence-electron chi connectivity index (χ3n) is 3.60. The van der Waals surface area contributed by atoms with Gasteiger partial charge in [-0.25, -0.2) is 0 Å². The Hall–Kier alpha value is -1.36. The van der Waals surface area contributed by atoms with Crippen LogP contribution in [-0.4, -0.2) is 48.9 Å². The SMILES string of the molecule is C=CCNC(=O)C(C)N1CCC(C(=O)NCC)CC1. The second-order valence-corrected chi connectivity index (χ2v) is 4.91. The maximum absolute atomic E-state index is 11.8. The molecule has 0 radical (unpaired) electrons. The van der Waals surface area contributed by atoms with Crippen molar-refractivity contribution >= 4 is 11.8 Å². The number of carbonyl (C=O) groups excluding carboxylic acids is 2. The van der Waals surface area contributed by atoms with E-state index in [1.165, 1.54) is 0 Å². The number of rotatable bonds is 6. The van der Waals surface area contributed by atoms with Crippen molar-refractivity contribution in [3.63, 3.8) is 0 Å². The summed E-state index contributed by atoms with van der Waals surface area (Å²) in [5, 5.41) is 5.67. The van der Waals surface area contributed by atoms with Crippen molar-refractivity contribution in [2.24, 2.45) is 5.92 Å². The van der Waals surface area contributed by atoms with Crippen LogP contribution in [0.2, 0.25) is 0 Å². The molecule has 1 saturated heterocycles. The summed E-state index contributed by atoms with van der Waals surface area (Å²) in [4.78, 5) is 25.7. The zero-order valence-electron chi connectivity index (χ0n) is 11.9. The quantitative estimate of drug-likeness (QED) is 0.690. The molecule has 0 aliphatic carbocycles. The fourth-order valence-electron chi connectivity index (χ4n) is 2.35. The molecule has 2 amide bonds. The average Bonchev–Trinajstić information content (AvgIpc) is 2.44. The Kier molecular flexibility index (Phi) is 6.56. The van der Waals surface area contributed by atoms with E-state index in [2.05, 4.69) is 22.1 Å². The first-order valence-electron chi connectivity index (χ1n) is 7.00. The highest BCUT2D eigenvalue weighted by Gasteiger charge is 2.29. The molecule has 1 unspecified atom stereocenters. The Morgan fingerprint density at radius 1 is 1.37 bits per heavy atom. The van der Waals surface area contributed by atoms with E-state index >= 15 is 0 Å². The standard InChI is InChI=1S/C14H25N3O2/c1-4-8-16-13(18)11(3)17-9-6-12(7-10-17)14(19)15-5-2/h4,11-12H,1,5-10H2,2-3H3,(H,15,19)(H,16,18). The molecule has 0 bridgehead atoms. The Balaban J connectivity index is 2.38. The van der Waals surface area contributed by atoms with E-state index in [1.807, 2.05) is 13.8 Å². The molecule has 1 atom stereocenters. The van der Waals surface area contributed by atoms with Crippen molar-refractivity contribution < 1.29 is 9.59 Å². The molecule has 0 saturated carbocycles. The second-order valence-electron chi connectivity index (χ2n) is 4.91. The number of likely N-dealkylation sites (tertiary alicyclic amines) is 1. The van der Waals surface area contributed by atoms with Crippen LogP contribution in [0.3, 0.4) is 0 Å². The third kappa shape index (κ3) is 4.67. The molecule has 19 heavy (non-hydrogen) atoms. The van der Waals surface area contributed by atoms with E-state index in [0.29, 0.717) is 13.1 Å². The maximum atomic E-state index is 11.8. The molecule has 1 aliphatic heterocycles. The largest absolute Gasteiger partial charge is 0.356 e. The van der Waals surface area contributed by atoms with Crippen molar-refractivity contribution in [1.29, 1.82) is 0 Å². The summed E-state index contributed by atoms with van der Waals surface area (Å²) in [6, 6.07) is -0.143. The van der Waals surface area contributed by atoms with Crippen LogP contribution in [0.1, 0.15) is 26.7 Å². The van der Waals surface area contributed by atoms with Crippen LogP contribution in [0.5, 0.6) is 0 Å². The van der Waals surface area contributed by atoms with E-state index in [0.717, 1.165) is 25.9 Å². The van der Waals surface area contributed by atoms with Gasteiger partial charge >= 0.3 is 0 Å². The van der Waals surface area contributed by atoms with Crippen molar-refractivity contribution in [2.45, 2.75) is 32.7 Å². The Morgan fingerprint density at radius 3 is 2.53 bits per heavy atom. The summed E-state index contributed by atoms with van der Waals surface area (Å²) in [7, 11) is 0. The molecule has 5 heteroatoms. The highest BCUT2D eigenvalue weighted by atomic mass is 16.2. The molecule has 1 rings (SSSR count). The normalized spacial score (nSPS) is 18.6. The monoisotopic (exact) mass is 267 g/mol. The lowest BCUT2D eigenvalue weighted by molar-refractivity contribution is -0.128. The van der Waals surface area contributed by atoms with Crippen molar-refractivity contribution in [2.75, 3.05) is 26.2 Å². The zero-order valence-corrected chi connectivity index (χ0v) is 11.9. The van der Waals surface area contributed by atoms with E-state index in [4.69, 9.17) is 0 Å². The van der Waals surface area contributed by atoms with Crippen LogP contribution in [0.4, 0.5) is 0 Å². The van der Waals surface area contributed by atoms with Crippen molar-refractivity contribution in [1.82, 2.24) is 15.5 Å². The molecule has 0 aromatic heterocycles. The molecule has 2 N–H and O–H groups in total. The van der Waals surface area contributed by atoms with Gasteiger partial charge < -0.3 is 10.6 Å². The summed E-state index contributed by atoms with van der Waals surface area (Å²) >= 11 is 0. The summed E-state index contributed by atoms with van der Waals surface area (Å²) in [5.74, 6) is 0.266. The fourth-order valence-corrected chi connectivity index (χ4v) is 2.35. The number of hydrogen-bond donors (Lipinski definition) is 2. The van der Waals surface area contributed by atoms with Gasteiger partial charge in [-0.05, 0) is 39.8 Å². The number of nitrogens with zero attached hydrogens (tertiary/aromatic N) is 1. The lowest BCUT2D eigenvalue weighted by atomic mass is 9.95. The van der Waals surface area contributed by atoms with Crippen molar-refractivity contribution in [3.05, 3.63) is 12.7 Å². The van der Waals surface area contributed by atoms with Gasteiger partial charge in [0.1, 0.15) is 0 Å². The molecule has 0 aromatic rings. The molecular formula is C14H25N3O2. The third-order valence-corrected chi connectivity index (χ3v) is 3.60. The minimum absolute atomic E-state index is 0.0244. The van der Waals surface area contributed by atoms with Gasteiger partial charge in [0.25, 0.3) is 0 Å². The van der Waals surface area contributed by atoms with Crippen molar-refractivity contribution in [3.8, 4) is 0 Å². The summed E-state index contributed by atoms with van der Waals surface area (Å²) in [6.07, 6.45) is 3.32. The minimum atomic E-state index is -0.143. The summed E-state index contributed by atoms with van der Waals surface area (Å²) < 4.78 is 0. The first kappa shape index (κ1) is 15.7. The summed E-state index contributed by atoms with van der Waals surface area (Å²) in [6.45, 7) is 10.2. The molecule has 108 valence electrons. The molecule has 1 fully saturated rings. The Morgan fingerprint density at radius 2 is 2.00 bits per heavy atom. The number of piperidine rings is 1. The number of nitrogens with one attached hydrogen (secondary N) is 2. The van der Waals surface area contributed by atoms with E-state index in [-0.39, 0.29) is 23.8 Å². The van der Waals surface area contributed by atoms with E-state index in [1.54, 1.807) is 6.08 Å². The second kappa shape index (κ2) is 7.94. The van der Waals surface area contributed by atoms with E-state index in [9.17, 15) is 9.59 Å². The molecule has 1 aliphatic rings. The smallest absolute Gasteiger partial charge is 0.237 e. The van der Waals surface area contributed by atoms with Crippen LogP contribution >= 0.6 is 0 Å². The summed E-state index contributed by atoms with van der Waals surface area (Å²) in [5.41, 5.74) is 0. The fraction of sp³-hybridized carbons (Fsp3) is 0.714. The van der Waals surface area contributed by atoms with Gasteiger partial charge in [-0.3, -0.25) is 14.5 Å². The zero-order chi connectivity index (χ0) is 14.3. The molecule has 1 heterocycles. The van der Waals surface area contributed by atoms with Gasteiger partial charge in [-0.2, -0.15) is 0 Å². The Labute approximate surface area is 115 Å². The van der Waals surface area contributed by atoms with Gasteiger partial charge in [-0.1, -0.05) is 6.08 Å². The van der Waals surface area contributed by atoms with Gasteiger partial charge in [0, 0.05) is 19.0 Å². The maximum Gasteiger partial charge on any atom is 0.237 e. The predicted octanol–water partition coefficient (Wildman–Crippen LogP) is 0.525. The first-order chi connectivity index (χ1) is 9.10. The number of amides is 2. The van der Waals surface area contributed by atoms with Gasteiger partial charge in [0.2, 0.25) is 11.8 Å². The lowest BCUT2D eigenvalue weighted by Gasteiger charge is -2.34. The van der Waals surface area contributed by atoms with Crippen LogP contribution in [0, 0.1) is 5.92 Å². The van der Waals surface area contributed by atoms with Crippen LogP contribution < -0.4 is 10.6 Å². The van der Waals surface area contributed by atoms with Gasteiger partial charge in [-0.15, -0.1) is 6.58 Å². The minimum Gasteiger partial charge on any atom is -0.356 e. The highest BCUT2D eigenvalue weighted by Crippen LogP contribution is 2.19. The lowest BCUT2D eigenvalue weighted by Crippen LogP contribution is -2.49. The van der Waals surface area contributed by atoms with Crippen LogP contribution in [0.15, 0.2) is 12.7 Å². The highest BCUT2D eigenvalue weighted by molar-refractivity contribution is 5.81. The average molecular weight is 267 g/mol. The van der Waals surface area contributed by atoms with Crippen LogP contribution in [0.25, 0.3) is 0 Å². The topological polar surface area (TPSA) is 61.4 Å². The molecule has 0 spiro atoms. The van der Waals surface area contributed by atoms with Gasteiger partial charge in [0.15, 0.2) is 0 Å². The van der Waals surface area contributed by atoms with Crippen LogP contribution in [-0.2, 0) is 9.59 Å². The van der Waals surface area contributed by atoms with Gasteiger partial charge in [0.05, 0.1) is 6.04 Å². The molecule has 5 nitrogen and oxygen atoms in total. The molecular weight excluding hydrogens is 242 g/mol. The predicted molar refractivity (Wildman–Crippen MR) is 75.6 cm³/mol. The molecule has 0 aromatic carbocycles. The number of hydrogen-bond acceptors (Lipinski definition) is 3. The first-order valence-corrected chi connectivity index (χ1v) is 7.00. The number of carbonyl (C=O) groups is 2.